The number of aryl methyl sites for hydroxylation is 1. The second-order valence-electron chi connectivity index (χ2n) is 7.36. The number of carbonyl (C=O) groups is 1. The van der Waals surface area contributed by atoms with Crippen LogP contribution in [0.4, 0.5) is 5.13 Å². The van der Waals surface area contributed by atoms with Crippen molar-refractivity contribution in [3.8, 4) is 0 Å². The van der Waals surface area contributed by atoms with Crippen LogP contribution < -0.4 is 10.6 Å². The Bertz CT molecular complexity index is 923. The summed E-state index contributed by atoms with van der Waals surface area (Å²) >= 11 is 1.39. The van der Waals surface area contributed by atoms with Crippen molar-refractivity contribution in [3.63, 3.8) is 0 Å². The summed E-state index contributed by atoms with van der Waals surface area (Å²) in [6.45, 7) is 21.5. The van der Waals surface area contributed by atoms with Crippen LogP contribution >= 0.6 is 11.3 Å². The zero-order valence-corrected chi connectivity index (χ0v) is 20.2. The van der Waals surface area contributed by atoms with Gasteiger partial charge in [-0.05, 0) is 51.2 Å². The summed E-state index contributed by atoms with van der Waals surface area (Å²) in [6, 6.07) is 0. The maximum atomic E-state index is 12.4. The molecule has 0 saturated carbocycles. The number of aromatic nitrogens is 2. The molecule has 1 aromatic heterocycles. The van der Waals surface area contributed by atoms with Crippen LogP contribution in [0.25, 0.3) is 0 Å². The van der Waals surface area contributed by atoms with Gasteiger partial charge in [0, 0.05) is 18.7 Å². The number of azo groups is 1. The van der Waals surface area contributed by atoms with Gasteiger partial charge in [-0.25, -0.2) is 0 Å². The molecule has 8 heteroatoms. The predicted octanol–water partition coefficient (Wildman–Crippen LogP) is 6.26. The molecular formula is C24H34N6OS. The maximum Gasteiger partial charge on any atom is 0.230 e. The molecule has 172 valence electrons. The molecule has 0 spiro atoms. The van der Waals surface area contributed by atoms with Crippen molar-refractivity contribution in [2.75, 3.05) is 11.9 Å². The van der Waals surface area contributed by atoms with Gasteiger partial charge < -0.3 is 10.6 Å². The summed E-state index contributed by atoms with van der Waals surface area (Å²) < 4.78 is 0. The Labute approximate surface area is 195 Å². The van der Waals surface area contributed by atoms with Gasteiger partial charge in [0.2, 0.25) is 11.0 Å². The van der Waals surface area contributed by atoms with Gasteiger partial charge in [-0.2, -0.15) is 10.2 Å². The van der Waals surface area contributed by atoms with E-state index >= 15 is 0 Å². The van der Waals surface area contributed by atoms with Crippen LogP contribution in [0.2, 0.25) is 0 Å². The molecule has 1 rings (SSSR count). The van der Waals surface area contributed by atoms with Gasteiger partial charge in [0.1, 0.15) is 5.01 Å². The van der Waals surface area contributed by atoms with Crippen LogP contribution in [0.1, 0.15) is 51.5 Å². The number of nitrogens with one attached hydrogen (secondary N) is 2. The monoisotopic (exact) mass is 454 g/mol. The predicted molar refractivity (Wildman–Crippen MR) is 134 cm³/mol. The highest BCUT2D eigenvalue weighted by molar-refractivity contribution is 7.15. The molecule has 0 aliphatic rings. The van der Waals surface area contributed by atoms with E-state index in [1.54, 1.807) is 6.08 Å². The summed E-state index contributed by atoms with van der Waals surface area (Å²) in [7, 11) is 0. The van der Waals surface area contributed by atoms with Crippen LogP contribution in [-0.2, 0) is 11.2 Å². The van der Waals surface area contributed by atoms with Crippen LogP contribution in [0.15, 0.2) is 83.0 Å². The zero-order valence-electron chi connectivity index (χ0n) is 19.4. The van der Waals surface area contributed by atoms with E-state index in [0.717, 1.165) is 53.2 Å². The third kappa shape index (κ3) is 11.9. The van der Waals surface area contributed by atoms with Gasteiger partial charge in [-0.15, -0.1) is 10.2 Å². The SMILES string of the molecule is C=C/C(=C\C(=C)CNC(=C)C)CC(=O)Nc1nnc(CCCCC(=C/C)/N=N\C(=C)C)s1. The van der Waals surface area contributed by atoms with Crippen molar-refractivity contribution in [1.29, 1.82) is 0 Å². The van der Waals surface area contributed by atoms with Crippen molar-refractivity contribution in [2.24, 2.45) is 10.2 Å². The molecule has 0 bridgehead atoms. The quantitative estimate of drug-likeness (QED) is 0.186. The average molecular weight is 455 g/mol. The molecule has 0 saturated heterocycles. The van der Waals surface area contributed by atoms with Crippen LogP contribution in [0.3, 0.4) is 0 Å². The number of hydrogen-bond donors (Lipinski definition) is 2. The number of unbranched alkanes of at least 4 members (excludes halogenated alkanes) is 1. The van der Waals surface area contributed by atoms with Crippen LogP contribution in [-0.4, -0.2) is 22.6 Å². The highest BCUT2D eigenvalue weighted by Crippen LogP contribution is 2.19. The van der Waals surface area contributed by atoms with E-state index in [9.17, 15) is 4.79 Å². The second kappa shape index (κ2) is 14.8. The highest BCUT2D eigenvalue weighted by Gasteiger charge is 2.10. The fourth-order valence-electron chi connectivity index (χ4n) is 2.50. The van der Waals surface area contributed by atoms with Crippen molar-refractivity contribution in [1.82, 2.24) is 15.5 Å². The van der Waals surface area contributed by atoms with Gasteiger partial charge in [-0.1, -0.05) is 55.9 Å². The molecular weight excluding hydrogens is 420 g/mol. The van der Waals surface area contributed by atoms with Crippen LogP contribution in [0.5, 0.6) is 0 Å². The first-order valence-electron chi connectivity index (χ1n) is 10.5. The lowest BCUT2D eigenvalue weighted by Gasteiger charge is -2.07. The van der Waals surface area contributed by atoms with E-state index in [1.165, 1.54) is 11.3 Å². The number of rotatable bonds is 15. The summed E-state index contributed by atoms with van der Waals surface area (Å²) in [5, 5.41) is 23.7. The summed E-state index contributed by atoms with van der Waals surface area (Å²) in [5.41, 5.74) is 4.12. The van der Waals surface area contributed by atoms with E-state index in [0.29, 0.717) is 17.4 Å². The first kappa shape index (κ1) is 26.9. The van der Waals surface area contributed by atoms with Gasteiger partial charge in [-0.3, -0.25) is 4.79 Å². The maximum absolute atomic E-state index is 12.4. The van der Waals surface area contributed by atoms with Crippen molar-refractivity contribution in [2.45, 2.75) is 52.9 Å². The number of carbonyl (C=O) groups excluding carboxylic acids is 1. The highest BCUT2D eigenvalue weighted by atomic mass is 32.1. The molecule has 1 aromatic rings. The number of hydrogen-bond acceptors (Lipinski definition) is 7. The van der Waals surface area contributed by atoms with E-state index in [2.05, 4.69) is 57.4 Å². The Morgan fingerprint density at radius 3 is 2.53 bits per heavy atom. The van der Waals surface area contributed by atoms with Gasteiger partial charge in [0.15, 0.2) is 0 Å². The van der Waals surface area contributed by atoms with Crippen LogP contribution in [0, 0.1) is 0 Å². The van der Waals surface area contributed by atoms with E-state index in [4.69, 9.17) is 0 Å². The molecule has 2 N–H and O–H groups in total. The Kier molecular flexibility index (Phi) is 12.4. The second-order valence-corrected chi connectivity index (χ2v) is 8.43. The number of nitrogens with zero attached hydrogens (tertiary/aromatic N) is 4. The lowest BCUT2D eigenvalue weighted by Crippen LogP contribution is -2.14. The molecule has 32 heavy (non-hydrogen) atoms. The molecule has 1 amide bonds. The Balaban J connectivity index is 2.47. The number of anilines is 1. The molecule has 0 aromatic carbocycles. The van der Waals surface area contributed by atoms with Crippen molar-refractivity contribution >= 4 is 22.4 Å². The topological polar surface area (TPSA) is 91.6 Å². The lowest BCUT2D eigenvalue weighted by molar-refractivity contribution is -0.115. The molecule has 0 unspecified atom stereocenters. The molecule has 0 radical (unpaired) electrons. The molecule has 0 aliphatic heterocycles. The third-order valence-electron chi connectivity index (χ3n) is 4.10. The minimum Gasteiger partial charge on any atom is -0.385 e. The fraction of sp³-hybridized carbons (Fsp3) is 0.375. The minimum atomic E-state index is -0.167. The van der Waals surface area contributed by atoms with E-state index in [-0.39, 0.29) is 12.3 Å². The zero-order chi connectivity index (χ0) is 23.9. The molecule has 7 nitrogen and oxygen atoms in total. The minimum absolute atomic E-state index is 0.167. The molecule has 0 fully saturated rings. The third-order valence-corrected chi connectivity index (χ3v) is 5.00. The standard InChI is InChI=1S/C24H34N6OS/c1-8-20(14-19(7)16-25-17(3)4)15-22(31)26-24-30-29-23(32-24)13-11-10-12-21(9-2)28-27-18(5)6/h8-9,14,25H,1,3,5,7,10-13,15-16H2,2,4,6H3,(H,26,30,31)/b20-14+,21-9-,28-27-. The molecule has 0 atom stereocenters. The number of amides is 1. The Morgan fingerprint density at radius 2 is 1.91 bits per heavy atom. The average Bonchev–Trinajstić information content (AvgIpc) is 3.17. The Morgan fingerprint density at radius 1 is 1.16 bits per heavy atom. The normalized spacial score (nSPS) is 12.0. The van der Waals surface area contributed by atoms with Crippen molar-refractivity contribution < 1.29 is 4.79 Å². The number of allylic oxidation sites excluding steroid dienone is 5. The fourth-order valence-corrected chi connectivity index (χ4v) is 3.30. The summed E-state index contributed by atoms with van der Waals surface area (Å²) in [5.74, 6) is -0.167. The Hall–Kier alpha value is -3.13. The lowest BCUT2D eigenvalue weighted by atomic mass is 10.1. The smallest absolute Gasteiger partial charge is 0.230 e. The molecule has 0 aliphatic carbocycles. The van der Waals surface area contributed by atoms with E-state index < -0.39 is 0 Å². The van der Waals surface area contributed by atoms with E-state index in [1.807, 2.05) is 32.9 Å². The summed E-state index contributed by atoms with van der Waals surface area (Å²) in [4.78, 5) is 12.4. The van der Waals surface area contributed by atoms with Gasteiger partial charge in [0.05, 0.1) is 17.8 Å². The van der Waals surface area contributed by atoms with Gasteiger partial charge >= 0.3 is 0 Å². The molecule has 1 heterocycles. The first-order valence-corrected chi connectivity index (χ1v) is 11.3. The largest absolute Gasteiger partial charge is 0.385 e. The summed E-state index contributed by atoms with van der Waals surface area (Å²) in [6.07, 6.45) is 9.22. The first-order chi connectivity index (χ1) is 15.2. The van der Waals surface area contributed by atoms with Gasteiger partial charge in [0.25, 0.3) is 0 Å². The van der Waals surface area contributed by atoms with Crippen molar-refractivity contribution in [3.05, 3.63) is 77.8 Å².